The van der Waals surface area contributed by atoms with Gasteiger partial charge in [-0.1, -0.05) is 13.3 Å². The Hall–Kier alpha value is -1.72. The van der Waals surface area contributed by atoms with E-state index in [1.807, 2.05) is 6.92 Å². The summed E-state index contributed by atoms with van der Waals surface area (Å²) in [7, 11) is 0. The average Bonchev–Trinajstić information content (AvgIpc) is 2.62. The molecule has 0 aromatic heterocycles. The van der Waals surface area contributed by atoms with Crippen LogP contribution in [-0.4, -0.2) is 23.9 Å². The molecule has 2 aliphatic heterocycles. The maximum Gasteiger partial charge on any atom is 0.317 e. The third kappa shape index (κ3) is 1.94. The first kappa shape index (κ1) is 13.3. The topological polar surface area (TPSA) is 86.7 Å². The second-order valence-corrected chi connectivity index (χ2v) is 6.15. The molecule has 3 aliphatic rings. The first-order valence-corrected chi connectivity index (χ1v) is 6.93. The fraction of sp³-hybridized carbons (Fsp3) is 0.714. The summed E-state index contributed by atoms with van der Waals surface area (Å²) in [5.41, 5.74) is -0.544. The van der Waals surface area contributed by atoms with Gasteiger partial charge in [0.1, 0.15) is 0 Å². The number of hydrogen-bond donors (Lipinski definition) is 0. The van der Waals surface area contributed by atoms with Crippen molar-refractivity contribution in [1.29, 1.82) is 0 Å². The van der Waals surface area contributed by atoms with Crippen molar-refractivity contribution in [3.8, 4) is 0 Å². The number of fused-ring (bicyclic) bond motifs is 1. The minimum absolute atomic E-state index is 0.0219. The quantitative estimate of drug-likeness (QED) is 0.525. The molecule has 0 radical (unpaired) electrons. The summed E-state index contributed by atoms with van der Waals surface area (Å²) >= 11 is 0. The summed E-state index contributed by atoms with van der Waals surface area (Å²) in [6, 6.07) is 0. The Bertz CT molecular complexity index is 492. The van der Waals surface area contributed by atoms with Crippen LogP contribution in [0.15, 0.2) is 0 Å². The molecule has 6 nitrogen and oxygen atoms in total. The van der Waals surface area contributed by atoms with Gasteiger partial charge in [-0.05, 0) is 24.2 Å². The molecule has 20 heavy (non-hydrogen) atoms. The van der Waals surface area contributed by atoms with Crippen LogP contribution in [-0.2, 0) is 28.7 Å². The Morgan fingerprint density at radius 1 is 1.00 bits per heavy atom. The van der Waals surface area contributed by atoms with Crippen molar-refractivity contribution in [2.24, 2.45) is 23.2 Å². The third-order valence-electron chi connectivity index (χ3n) is 4.86. The molecule has 0 aromatic carbocycles. The highest BCUT2D eigenvalue weighted by Crippen LogP contribution is 2.54. The predicted octanol–water partition coefficient (Wildman–Crippen LogP) is 0.972. The Morgan fingerprint density at radius 3 is 2.25 bits per heavy atom. The summed E-state index contributed by atoms with van der Waals surface area (Å²) in [6.07, 6.45) is 1.95. The van der Waals surface area contributed by atoms with Gasteiger partial charge in [-0.3, -0.25) is 19.2 Å². The molecule has 2 saturated heterocycles. The molecule has 1 saturated carbocycles. The number of ether oxygens (including phenoxy) is 2. The van der Waals surface area contributed by atoms with Crippen LogP contribution in [0, 0.1) is 23.2 Å². The Labute approximate surface area is 115 Å². The largest absolute Gasteiger partial charge is 0.393 e. The molecule has 0 amide bonds. The van der Waals surface area contributed by atoms with E-state index in [2.05, 4.69) is 4.74 Å². The van der Waals surface area contributed by atoms with Gasteiger partial charge in [-0.15, -0.1) is 0 Å². The van der Waals surface area contributed by atoms with Gasteiger partial charge in [-0.25, -0.2) is 0 Å². The molecule has 6 heteroatoms. The maximum absolute atomic E-state index is 11.8. The molecule has 0 bridgehead atoms. The zero-order valence-electron chi connectivity index (χ0n) is 11.2. The highest BCUT2D eigenvalue weighted by atomic mass is 16.6. The second-order valence-electron chi connectivity index (χ2n) is 6.15. The SMILES string of the molecule is CCC1CC2(CC(=O)OC(=O)C2)CC2C(=O)OC(=O)C12. The van der Waals surface area contributed by atoms with Gasteiger partial charge in [0.15, 0.2) is 0 Å². The molecule has 1 spiro atoms. The van der Waals surface area contributed by atoms with E-state index in [9.17, 15) is 19.2 Å². The fourth-order valence-electron chi connectivity index (χ4n) is 4.08. The van der Waals surface area contributed by atoms with Gasteiger partial charge in [0.25, 0.3) is 0 Å². The van der Waals surface area contributed by atoms with E-state index in [1.54, 1.807) is 0 Å². The lowest BCUT2D eigenvalue weighted by molar-refractivity contribution is -0.173. The highest BCUT2D eigenvalue weighted by molar-refractivity contribution is 5.97. The van der Waals surface area contributed by atoms with Crippen LogP contribution < -0.4 is 0 Å². The summed E-state index contributed by atoms with van der Waals surface area (Å²) in [5.74, 6) is -2.98. The number of rotatable bonds is 1. The van der Waals surface area contributed by atoms with Crippen molar-refractivity contribution in [3.63, 3.8) is 0 Å². The van der Waals surface area contributed by atoms with Crippen molar-refractivity contribution in [3.05, 3.63) is 0 Å². The van der Waals surface area contributed by atoms with Crippen molar-refractivity contribution < 1.29 is 28.7 Å². The van der Waals surface area contributed by atoms with E-state index in [-0.39, 0.29) is 18.8 Å². The number of cyclic esters (lactones) is 4. The molecular formula is C14H16O6. The van der Waals surface area contributed by atoms with E-state index in [4.69, 9.17) is 4.74 Å². The van der Waals surface area contributed by atoms with Gasteiger partial charge in [0.05, 0.1) is 24.7 Å². The van der Waals surface area contributed by atoms with Crippen LogP contribution in [0.1, 0.15) is 39.0 Å². The third-order valence-corrected chi connectivity index (χ3v) is 4.86. The minimum Gasteiger partial charge on any atom is -0.393 e. The standard InChI is InChI=1S/C14H16O6/c1-2-7-3-14(5-9(15)19-10(16)6-14)4-8-11(7)13(18)20-12(8)17/h7-8,11H,2-6H2,1H3. The molecule has 3 atom stereocenters. The van der Waals surface area contributed by atoms with E-state index < -0.39 is 41.1 Å². The molecule has 108 valence electrons. The zero-order valence-corrected chi connectivity index (χ0v) is 11.2. The van der Waals surface area contributed by atoms with Gasteiger partial charge < -0.3 is 9.47 Å². The van der Waals surface area contributed by atoms with Gasteiger partial charge >= 0.3 is 23.9 Å². The lowest BCUT2D eigenvalue weighted by atomic mass is 9.58. The second kappa shape index (κ2) is 4.40. The molecule has 2 heterocycles. The molecule has 0 N–H and O–H groups in total. The van der Waals surface area contributed by atoms with Crippen molar-refractivity contribution in [2.75, 3.05) is 0 Å². The normalized spacial score (nSPS) is 35.8. The minimum atomic E-state index is -0.544. The van der Waals surface area contributed by atoms with Crippen LogP contribution in [0.25, 0.3) is 0 Å². The highest BCUT2D eigenvalue weighted by Gasteiger charge is 2.58. The van der Waals surface area contributed by atoms with E-state index >= 15 is 0 Å². The van der Waals surface area contributed by atoms with Crippen LogP contribution in [0.2, 0.25) is 0 Å². The lowest BCUT2D eigenvalue weighted by Crippen LogP contribution is -2.46. The zero-order chi connectivity index (χ0) is 14.5. The average molecular weight is 280 g/mol. The van der Waals surface area contributed by atoms with Crippen LogP contribution in [0.3, 0.4) is 0 Å². The maximum atomic E-state index is 11.8. The van der Waals surface area contributed by atoms with Crippen LogP contribution >= 0.6 is 0 Å². The van der Waals surface area contributed by atoms with Crippen molar-refractivity contribution in [2.45, 2.75) is 39.0 Å². The molecular weight excluding hydrogens is 264 g/mol. The monoisotopic (exact) mass is 280 g/mol. The number of hydrogen-bond acceptors (Lipinski definition) is 6. The Balaban J connectivity index is 1.92. The molecule has 3 rings (SSSR count). The van der Waals surface area contributed by atoms with Crippen molar-refractivity contribution in [1.82, 2.24) is 0 Å². The summed E-state index contributed by atoms with van der Waals surface area (Å²) in [5, 5.41) is 0. The number of esters is 4. The summed E-state index contributed by atoms with van der Waals surface area (Å²) < 4.78 is 9.33. The van der Waals surface area contributed by atoms with Crippen molar-refractivity contribution >= 4 is 23.9 Å². The first-order chi connectivity index (χ1) is 9.44. The predicted molar refractivity (Wildman–Crippen MR) is 63.9 cm³/mol. The Morgan fingerprint density at radius 2 is 1.65 bits per heavy atom. The Kier molecular flexibility index (Phi) is 2.92. The van der Waals surface area contributed by atoms with E-state index in [0.29, 0.717) is 19.3 Å². The molecule has 0 aromatic rings. The van der Waals surface area contributed by atoms with E-state index in [0.717, 1.165) is 0 Å². The summed E-state index contributed by atoms with van der Waals surface area (Å²) in [6.45, 7) is 1.94. The van der Waals surface area contributed by atoms with Crippen LogP contribution in [0.5, 0.6) is 0 Å². The summed E-state index contributed by atoms with van der Waals surface area (Å²) in [4.78, 5) is 46.7. The fourth-order valence-corrected chi connectivity index (χ4v) is 4.08. The molecule has 3 unspecified atom stereocenters. The van der Waals surface area contributed by atoms with E-state index in [1.165, 1.54) is 0 Å². The molecule has 3 fully saturated rings. The van der Waals surface area contributed by atoms with Gasteiger partial charge in [0, 0.05) is 0 Å². The molecule has 1 aliphatic carbocycles. The lowest BCUT2D eigenvalue weighted by Gasteiger charge is -2.44. The number of carbonyl (C=O) groups is 4. The smallest absolute Gasteiger partial charge is 0.317 e. The van der Waals surface area contributed by atoms with Gasteiger partial charge in [0.2, 0.25) is 0 Å². The van der Waals surface area contributed by atoms with Crippen LogP contribution in [0.4, 0.5) is 0 Å². The number of carbonyl (C=O) groups excluding carboxylic acids is 4. The van der Waals surface area contributed by atoms with Gasteiger partial charge in [-0.2, -0.15) is 0 Å². The first-order valence-electron chi connectivity index (χ1n) is 6.93.